The molecule has 0 nitrogen and oxygen atoms in total. The van der Waals surface area contributed by atoms with E-state index < -0.39 is 22.4 Å². The highest BCUT2D eigenvalue weighted by molar-refractivity contribution is 14.1. The predicted molar refractivity (Wildman–Crippen MR) is 123 cm³/mol. The molecule has 0 aromatic rings. The Balaban J connectivity index is 1.24. The standard InChI is InChI=1S/C25H40F3I/c1-15-2-4-16(5-3-15)17-6-8-18(9-7-17)19-10-11-21(22(26)12-19)20-13-23(27)25(29)24(28)14-20/h15-25H,2-14H2,1H3. The molecule has 0 amide bonds. The first kappa shape index (κ1) is 22.7. The van der Waals surface area contributed by atoms with Crippen molar-refractivity contribution in [2.24, 2.45) is 41.4 Å². The summed E-state index contributed by atoms with van der Waals surface area (Å²) in [6.45, 7) is 2.39. The Morgan fingerprint density at radius 3 is 1.45 bits per heavy atom. The fourth-order valence-corrected chi connectivity index (χ4v) is 8.07. The van der Waals surface area contributed by atoms with Crippen molar-refractivity contribution in [3.05, 3.63) is 0 Å². The molecule has 168 valence electrons. The van der Waals surface area contributed by atoms with E-state index in [2.05, 4.69) is 6.92 Å². The first-order valence-electron chi connectivity index (χ1n) is 12.5. The highest BCUT2D eigenvalue weighted by atomic mass is 127. The van der Waals surface area contributed by atoms with Gasteiger partial charge < -0.3 is 0 Å². The summed E-state index contributed by atoms with van der Waals surface area (Å²) in [5.41, 5.74) is 0. The zero-order valence-corrected chi connectivity index (χ0v) is 20.2. The quantitative estimate of drug-likeness (QED) is 0.258. The van der Waals surface area contributed by atoms with E-state index in [1.165, 1.54) is 51.4 Å². The van der Waals surface area contributed by atoms with Crippen molar-refractivity contribution < 1.29 is 13.2 Å². The van der Waals surface area contributed by atoms with Crippen LogP contribution in [0.5, 0.6) is 0 Å². The maximum atomic E-state index is 15.1. The summed E-state index contributed by atoms with van der Waals surface area (Å²) in [6.07, 6.45) is 11.2. The number of hydrogen-bond donors (Lipinski definition) is 0. The Hall–Kier alpha value is 0.520. The van der Waals surface area contributed by atoms with Gasteiger partial charge >= 0.3 is 0 Å². The van der Waals surface area contributed by atoms with Gasteiger partial charge in [-0.25, -0.2) is 13.2 Å². The van der Waals surface area contributed by atoms with Gasteiger partial charge in [0.1, 0.15) is 18.5 Å². The third-order valence-corrected chi connectivity index (χ3v) is 11.0. The van der Waals surface area contributed by atoms with Gasteiger partial charge in [-0.2, -0.15) is 0 Å². The lowest BCUT2D eigenvalue weighted by molar-refractivity contribution is 0.0107. The van der Waals surface area contributed by atoms with E-state index >= 15 is 4.39 Å². The van der Waals surface area contributed by atoms with E-state index in [1.807, 2.05) is 22.6 Å². The van der Waals surface area contributed by atoms with Gasteiger partial charge in [0, 0.05) is 0 Å². The summed E-state index contributed by atoms with van der Waals surface area (Å²) < 4.78 is 42.9. The molecule has 0 aliphatic heterocycles. The Morgan fingerprint density at radius 2 is 0.931 bits per heavy atom. The highest BCUT2D eigenvalue weighted by Gasteiger charge is 2.45. The van der Waals surface area contributed by atoms with Crippen LogP contribution in [0.2, 0.25) is 0 Å². The predicted octanol–water partition coefficient (Wildman–Crippen LogP) is 8.26. The highest BCUT2D eigenvalue weighted by Crippen LogP contribution is 2.49. The van der Waals surface area contributed by atoms with E-state index in [9.17, 15) is 8.78 Å². The van der Waals surface area contributed by atoms with Crippen molar-refractivity contribution in [3.63, 3.8) is 0 Å². The Kier molecular flexibility index (Phi) is 7.81. The van der Waals surface area contributed by atoms with Gasteiger partial charge in [0.15, 0.2) is 0 Å². The van der Waals surface area contributed by atoms with Crippen molar-refractivity contribution in [2.75, 3.05) is 0 Å². The minimum atomic E-state index is -1.10. The summed E-state index contributed by atoms with van der Waals surface area (Å²) in [5, 5.41) is 0. The lowest BCUT2D eigenvalue weighted by Gasteiger charge is -2.44. The summed E-state index contributed by atoms with van der Waals surface area (Å²) in [4.78, 5) is 0. The third kappa shape index (κ3) is 5.30. The molecule has 4 aliphatic carbocycles. The topological polar surface area (TPSA) is 0 Å². The molecule has 4 rings (SSSR count). The maximum Gasteiger partial charge on any atom is 0.115 e. The number of halogens is 4. The molecule has 4 saturated carbocycles. The van der Waals surface area contributed by atoms with Crippen LogP contribution in [-0.4, -0.2) is 22.4 Å². The fraction of sp³-hybridized carbons (Fsp3) is 1.00. The molecule has 5 atom stereocenters. The average Bonchev–Trinajstić information content (AvgIpc) is 2.72. The number of hydrogen-bond acceptors (Lipinski definition) is 0. The minimum absolute atomic E-state index is 0.0913. The molecule has 0 aromatic heterocycles. The average molecular weight is 524 g/mol. The van der Waals surface area contributed by atoms with Crippen LogP contribution in [-0.2, 0) is 0 Å². The molecule has 0 aromatic carbocycles. The summed E-state index contributed by atoms with van der Waals surface area (Å²) >= 11 is 1.90. The zero-order valence-electron chi connectivity index (χ0n) is 18.1. The van der Waals surface area contributed by atoms with E-state index in [0.29, 0.717) is 31.1 Å². The molecule has 0 N–H and O–H groups in total. The molecular weight excluding hydrogens is 484 g/mol. The first-order valence-corrected chi connectivity index (χ1v) is 13.7. The molecule has 0 heterocycles. The normalized spacial score (nSPS) is 52.2. The van der Waals surface area contributed by atoms with Crippen LogP contribution in [0.4, 0.5) is 13.2 Å². The summed E-state index contributed by atoms with van der Waals surface area (Å²) in [7, 11) is 0. The molecular formula is C25H40F3I. The van der Waals surface area contributed by atoms with Crippen LogP contribution in [0.25, 0.3) is 0 Å². The van der Waals surface area contributed by atoms with Crippen LogP contribution in [0, 0.1) is 41.4 Å². The number of rotatable bonds is 3. The molecule has 0 bridgehead atoms. The largest absolute Gasteiger partial charge is 0.247 e. The minimum Gasteiger partial charge on any atom is -0.247 e. The maximum absolute atomic E-state index is 15.1. The second kappa shape index (κ2) is 9.98. The third-order valence-electron chi connectivity index (χ3n) is 9.43. The molecule has 5 unspecified atom stereocenters. The molecule has 0 saturated heterocycles. The van der Waals surface area contributed by atoms with Crippen molar-refractivity contribution in [1.82, 2.24) is 0 Å². The Labute approximate surface area is 189 Å². The van der Waals surface area contributed by atoms with Gasteiger partial charge in [-0.05, 0) is 112 Å². The monoisotopic (exact) mass is 524 g/mol. The summed E-state index contributed by atoms with van der Waals surface area (Å²) in [6, 6.07) is 0. The second-order valence-electron chi connectivity index (χ2n) is 11.2. The molecule has 0 radical (unpaired) electrons. The zero-order chi connectivity index (χ0) is 20.5. The molecule has 4 fully saturated rings. The Bertz CT molecular complexity index is 500. The fourth-order valence-electron chi connectivity index (χ4n) is 7.48. The van der Waals surface area contributed by atoms with Gasteiger partial charge in [-0.3, -0.25) is 0 Å². The summed E-state index contributed by atoms with van der Waals surface area (Å²) in [5.74, 6) is 3.80. The van der Waals surface area contributed by atoms with E-state index in [4.69, 9.17) is 0 Å². The Morgan fingerprint density at radius 1 is 0.517 bits per heavy atom. The van der Waals surface area contributed by atoms with Gasteiger partial charge in [0.2, 0.25) is 0 Å². The second-order valence-corrected chi connectivity index (χ2v) is 12.6. The van der Waals surface area contributed by atoms with Gasteiger partial charge in [0.25, 0.3) is 0 Å². The van der Waals surface area contributed by atoms with Crippen LogP contribution in [0.3, 0.4) is 0 Å². The van der Waals surface area contributed by atoms with E-state index in [1.54, 1.807) is 0 Å². The lowest BCUT2D eigenvalue weighted by Crippen LogP contribution is -2.43. The van der Waals surface area contributed by atoms with Crippen molar-refractivity contribution >= 4 is 22.6 Å². The lowest BCUT2D eigenvalue weighted by atomic mass is 9.63. The molecule has 4 heteroatoms. The SMILES string of the molecule is CC1CCC(C2CCC(C3CCC(C4CC(F)C(I)C(F)C4)C(F)C3)CC2)CC1. The molecule has 0 spiro atoms. The van der Waals surface area contributed by atoms with E-state index in [-0.39, 0.29) is 11.8 Å². The smallest absolute Gasteiger partial charge is 0.115 e. The number of alkyl halides is 4. The van der Waals surface area contributed by atoms with Crippen LogP contribution in [0.15, 0.2) is 0 Å². The van der Waals surface area contributed by atoms with E-state index in [0.717, 1.165) is 30.6 Å². The van der Waals surface area contributed by atoms with Crippen LogP contribution in [0.1, 0.15) is 90.4 Å². The van der Waals surface area contributed by atoms with Crippen LogP contribution >= 0.6 is 22.6 Å². The van der Waals surface area contributed by atoms with Crippen molar-refractivity contribution in [1.29, 1.82) is 0 Å². The van der Waals surface area contributed by atoms with Crippen molar-refractivity contribution in [2.45, 2.75) is 113 Å². The van der Waals surface area contributed by atoms with Crippen LogP contribution < -0.4 is 0 Å². The molecule has 4 aliphatic rings. The van der Waals surface area contributed by atoms with Crippen molar-refractivity contribution in [3.8, 4) is 0 Å². The first-order chi connectivity index (χ1) is 13.9. The van der Waals surface area contributed by atoms with Gasteiger partial charge in [-0.15, -0.1) is 0 Å². The van der Waals surface area contributed by atoms with Gasteiger partial charge in [0.05, 0.1) is 3.92 Å². The molecule has 29 heavy (non-hydrogen) atoms. The van der Waals surface area contributed by atoms with Gasteiger partial charge in [-0.1, -0.05) is 42.4 Å².